The maximum absolute atomic E-state index is 5.85. The molecule has 0 amide bonds. The van der Waals surface area contributed by atoms with Crippen LogP contribution in [0.1, 0.15) is 17.1 Å². The Labute approximate surface area is 123 Å². The van der Waals surface area contributed by atoms with Crippen LogP contribution in [0.15, 0.2) is 47.0 Å². The van der Waals surface area contributed by atoms with Gasteiger partial charge in [0.25, 0.3) is 0 Å². The summed E-state index contributed by atoms with van der Waals surface area (Å²) in [6.45, 7) is 3.18. The second kappa shape index (κ2) is 5.97. The van der Waals surface area contributed by atoms with E-state index < -0.39 is 0 Å². The average Bonchev–Trinajstić information content (AvgIpc) is 2.85. The van der Waals surface area contributed by atoms with E-state index in [-0.39, 0.29) is 0 Å². The van der Waals surface area contributed by atoms with Crippen LogP contribution < -0.4 is 10.1 Å². The Kier molecular flexibility index (Phi) is 3.88. The number of hydrogen-bond acceptors (Lipinski definition) is 4. The highest BCUT2D eigenvalue weighted by molar-refractivity contribution is 5.79. The van der Waals surface area contributed by atoms with E-state index >= 15 is 0 Å². The predicted octanol–water partition coefficient (Wildman–Crippen LogP) is 3.43. The molecule has 108 valence electrons. The van der Waals surface area contributed by atoms with Crippen molar-refractivity contribution < 1.29 is 9.15 Å². The quantitative estimate of drug-likeness (QED) is 0.778. The van der Waals surface area contributed by atoms with Gasteiger partial charge in [-0.3, -0.25) is 4.98 Å². The van der Waals surface area contributed by atoms with E-state index in [0.29, 0.717) is 6.61 Å². The van der Waals surface area contributed by atoms with Crippen molar-refractivity contribution in [2.75, 3.05) is 7.05 Å². The molecule has 0 aliphatic carbocycles. The minimum Gasteiger partial charge on any atom is -0.489 e. The van der Waals surface area contributed by atoms with Gasteiger partial charge < -0.3 is 14.5 Å². The van der Waals surface area contributed by atoms with E-state index in [9.17, 15) is 0 Å². The first-order chi connectivity index (χ1) is 10.3. The zero-order valence-corrected chi connectivity index (χ0v) is 12.2. The number of aromatic nitrogens is 1. The number of furan rings is 1. The minimum absolute atomic E-state index is 0.497. The largest absolute Gasteiger partial charge is 0.489 e. The molecule has 0 atom stereocenters. The zero-order chi connectivity index (χ0) is 14.7. The van der Waals surface area contributed by atoms with E-state index in [1.165, 1.54) is 0 Å². The number of ether oxygens (including phenoxy) is 1. The Morgan fingerprint density at radius 2 is 2.14 bits per heavy atom. The third-order valence-corrected chi connectivity index (χ3v) is 3.39. The predicted molar refractivity (Wildman–Crippen MR) is 82.3 cm³/mol. The van der Waals surface area contributed by atoms with Crippen molar-refractivity contribution in [3.05, 3.63) is 59.7 Å². The van der Waals surface area contributed by atoms with Gasteiger partial charge in [0.05, 0.1) is 12.1 Å². The molecule has 0 bridgehead atoms. The van der Waals surface area contributed by atoms with Gasteiger partial charge in [-0.1, -0.05) is 6.07 Å². The molecule has 1 N–H and O–H groups in total. The molecule has 21 heavy (non-hydrogen) atoms. The van der Waals surface area contributed by atoms with Crippen molar-refractivity contribution in [3.8, 4) is 5.75 Å². The van der Waals surface area contributed by atoms with Gasteiger partial charge in [-0.25, -0.2) is 0 Å². The van der Waals surface area contributed by atoms with Crippen LogP contribution in [0.25, 0.3) is 10.9 Å². The summed E-state index contributed by atoms with van der Waals surface area (Å²) in [5, 5.41) is 4.19. The van der Waals surface area contributed by atoms with Crippen molar-refractivity contribution in [2.24, 2.45) is 0 Å². The maximum Gasteiger partial charge on any atom is 0.122 e. The molecule has 3 rings (SSSR count). The third kappa shape index (κ3) is 3.06. The van der Waals surface area contributed by atoms with Gasteiger partial charge >= 0.3 is 0 Å². The molecule has 2 heterocycles. The molecule has 4 heteroatoms. The number of aryl methyl sites for hydroxylation is 1. The lowest BCUT2D eigenvalue weighted by atomic mass is 10.2. The molecule has 0 radical (unpaired) electrons. The molecule has 0 saturated carbocycles. The average molecular weight is 282 g/mol. The van der Waals surface area contributed by atoms with E-state index in [1.807, 2.05) is 50.4 Å². The van der Waals surface area contributed by atoms with Gasteiger partial charge in [0, 0.05) is 23.2 Å². The molecule has 0 aliphatic heterocycles. The summed E-state index contributed by atoms with van der Waals surface area (Å²) in [5.74, 6) is 2.64. The van der Waals surface area contributed by atoms with Gasteiger partial charge in [-0.05, 0) is 38.2 Å². The third-order valence-electron chi connectivity index (χ3n) is 3.39. The van der Waals surface area contributed by atoms with E-state index in [0.717, 1.165) is 40.3 Å². The molecule has 0 aliphatic rings. The maximum atomic E-state index is 5.85. The number of fused-ring (bicyclic) bond motifs is 1. The van der Waals surface area contributed by atoms with Gasteiger partial charge in [0.15, 0.2) is 0 Å². The molecule has 0 fully saturated rings. The van der Waals surface area contributed by atoms with Crippen molar-refractivity contribution in [1.82, 2.24) is 10.3 Å². The highest BCUT2D eigenvalue weighted by atomic mass is 16.5. The van der Waals surface area contributed by atoms with E-state index in [2.05, 4.69) is 10.3 Å². The second-order valence-electron chi connectivity index (χ2n) is 4.97. The van der Waals surface area contributed by atoms with Crippen LogP contribution >= 0.6 is 0 Å². The molecule has 2 aromatic heterocycles. The lowest BCUT2D eigenvalue weighted by molar-refractivity contribution is 0.303. The van der Waals surface area contributed by atoms with E-state index in [1.54, 1.807) is 6.20 Å². The van der Waals surface area contributed by atoms with Crippen LogP contribution in [-0.4, -0.2) is 12.0 Å². The minimum atomic E-state index is 0.497. The fourth-order valence-electron chi connectivity index (χ4n) is 2.29. The molecule has 4 nitrogen and oxygen atoms in total. The van der Waals surface area contributed by atoms with Crippen LogP contribution in [0.5, 0.6) is 5.75 Å². The van der Waals surface area contributed by atoms with Gasteiger partial charge in [0.2, 0.25) is 0 Å². The standard InChI is InChI=1S/C17H18N2O2/c1-12-14(8-16(21-12)10-18-2)11-20-15-6-5-13-4-3-7-19-17(13)9-15/h3-9,18H,10-11H2,1-2H3. The summed E-state index contributed by atoms with van der Waals surface area (Å²) in [7, 11) is 1.90. The summed E-state index contributed by atoms with van der Waals surface area (Å²) in [6.07, 6.45) is 1.79. The number of hydrogen-bond donors (Lipinski definition) is 1. The molecule has 3 aromatic rings. The summed E-state index contributed by atoms with van der Waals surface area (Å²) in [4.78, 5) is 4.34. The molecular formula is C17H18N2O2. The molecule has 0 spiro atoms. The van der Waals surface area contributed by atoms with Crippen LogP contribution in [0, 0.1) is 6.92 Å². The summed E-state index contributed by atoms with van der Waals surface area (Å²) >= 11 is 0. The lowest BCUT2D eigenvalue weighted by Crippen LogP contribution is -2.03. The highest BCUT2D eigenvalue weighted by Crippen LogP contribution is 2.21. The van der Waals surface area contributed by atoms with Crippen LogP contribution in [0.2, 0.25) is 0 Å². The SMILES string of the molecule is CNCc1cc(COc2ccc3cccnc3c2)c(C)o1. The van der Waals surface area contributed by atoms with Crippen LogP contribution in [-0.2, 0) is 13.2 Å². The van der Waals surface area contributed by atoms with Crippen molar-refractivity contribution in [1.29, 1.82) is 0 Å². The lowest BCUT2D eigenvalue weighted by Gasteiger charge is -2.06. The van der Waals surface area contributed by atoms with Crippen molar-refractivity contribution in [2.45, 2.75) is 20.1 Å². The number of benzene rings is 1. The first-order valence-corrected chi connectivity index (χ1v) is 6.96. The first-order valence-electron chi connectivity index (χ1n) is 6.96. The fraction of sp³-hybridized carbons (Fsp3) is 0.235. The number of nitrogens with zero attached hydrogens (tertiary/aromatic N) is 1. The second-order valence-corrected chi connectivity index (χ2v) is 4.97. The van der Waals surface area contributed by atoms with Gasteiger partial charge in [0.1, 0.15) is 23.9 Å². The number of pyridine rings is 1. The van der Waals surface area contributed by atoms with E-state index in [4.69, 9.17) is 9.15 Å². The first kappa shape index (κ1) is 13.6. The monoisotopic (exact) mass is 282 g/mol. The summed E-state index contributed by atoms with van der Waals surface area (Å²) in [5.41, 5.74) is 2.01. The van der Waals surface area contributed by atoms with Crippen LogP contribution in [0.4, 0.5) is 0 Å². The molecule has 1 aromatic carbocycles. The Bertz CT molecular complexity index is 749. The Morgan fingerprint density at radius 3 is 3.00 bits per heavy atom. The fourth-order valence-corrected chi connectivity index (χ4v) is 2.29. The summed E-state index contributed by atoms with van der Waals surface area (Å²) in [6, 6.07) is 11.9. The van der Waals surface area contributed by atoms with Gasteiger partial charge in [-0.15, -0.1) is 0 Å². The van der Waals surface area contributed by atoms with Crippen molar-refractivity contribution in [3.63, 3.8) is 0 Å². The Balaban J connectivity index is 1.73. The molecular weight excluding hydrogens is 264 g/mol. The van der Waals surface area contributed by atoms with Crippen molar-refractivity contribution >= 4 is 10.9 Å². The topological polar surface area (TPSA) is 47.3 Å². The summed E-state index contributed by atoms with van der Waals surface area (Å²) < 4.78 is 11.5. The molecule has 0 unspecified atom stereocenters. The Hall–Kier alpha value is -2.33. The van der Waals surface area contributed by atoms with Gasteiger partial charge in [-0.2, -0.15) is 0 Å². The highest BCUT2D eigenvalue weighted by Gasteiger charge is 2.08. The molecule has 0 saturated heterocycles. The van der Waals surface area contributed by atoms with Crippen LogP contribution in [0.3, 0.4) is 0 Å². The smallest absolute Gasteiger partial charge is 0.122 e. The zero-order valence-electron chi connectivity index (χ0n) is 12.2. The normalized spacial score (nSPS) is 11.0. The number of nitrogens with one attached hydrogen (secondary N) is 1. The Morgan fingerprint density at radius 1 is 1.24 bits per heavy atom. The number of rotatable bonds is 5.